The summed E-state index contributed by atoms with van der Waals surface area (Å²) in [6.45, 7) is 0. The van der Waals surface area contributed by atoms with Crippen LogP contribution >= 0.6 is 11.6 Å². The van der Waals surface area contributed by atoms with Gasteiger partial charge < -0.3 is 15.5 Å². The number of aromatic nitrogens is 1. The Bertz CT molecular complexity index is 474. The van der Waals surface area contributed by atoms with Gasteiger partial charge in [-0.15, -0.1) is 0 Å². The van der Waals surface area contributed by atoms with Gasteiger partial charge in [0.05, 0.1) is 12.0 Å². The van der Waals surface area contributed by atoms with Crippen molar-refractivity contribution in [2.24, 2.45) is 0 Å². The molecular formula is C10H9ClN2O5. The van der Waals surface area contributed by atoms with Crippen LogP contribution in [0.15, 0.2) is 18.3 Å². The molecule has 7 nitrogen and oxygen atoms in total. The van der Waals surface area contributed by atoms with Crippen molar-refractivity contribution in [2.75, 3.05) is 0 Å². The molecule has 0 fully saturated rings. The molecule has 3 N–H and O–H groups in total. The standard InChI is InChI=1S/C10H9ClN2O5/c11-7-2-1-5(4-12-7)9(16)13-6(10(17)18)3-8(14)15/h1-2,4,6H,3H2,(H,13,16)(H,14,15)(H,17,18)/t6-/m0/s1. The van der Waals surface area contributed by atoms with Gasteiger partial charge in [-0.1, -0.05) is 11.6 Å². The lowest BCUT2D eigenvalue weighted by Crippen LogP contribution is -2.42. The van der Waals surface area contributed by atoms with Crippen LogP contribution in [0.3, 0.4) is 0 Å². The summed E-state index contributed by atoms with van der Waals surface area (Å²) < 4.78 is 0. The molecule has 1 rings (SSSR count). The maximum Gasteiger partial charge on any atom is 0.326 e. The average Bonchev–Trinajstić information content (AvgIpc) is 2.28. The fourth-order valence-electron chi connectivity index (χ4n) is 1.13. The number of rotatable bonds is 5. The van der Waals surface area contributed by atoms with E-state index in [1.165, 1.54) is 12.1 Å². The number of pyridine rings is 1. The lowest BCUT2D eigenvalue weighted by atomic mass is 10.2. The molecule has 0 aliphatic heterocycles. The van der Waals surface area contributed by atoms with E-state index in [0.29, 0.717) is 0 Å². The summed E-state index contributed by atoms with van der Waals surface area (Å²) in [5, 5.41) is 19.5. The third-order valence-corrected chi connectivity index (χ3v) is 2.20. The molecule has 0 aromatic carbocycles. The van der Waals surface area contributed by atoms with Crippen molar-refractivity contribution in [3.63, 3.8) is 0 Å². The number of carboxylic acid groups (broad SMARTS) is 2. The fourth-order valence-corrected chi connectivity index (χ4v) is 1.24. The van der Waals surface area contributed by atoms with Crippen molar-refractivity contribution in [1.82, 2.24) is 10.3 Å². The number of carboxylic acids is 2. The molecule has 0 unspecified atom stereocenters. The fraction of sp³-hybridized carbons (Fsp3) is 0.200. The van der Waals surface area contributed by atoms with E-state index in [4.69, 9.17) is 21.8 Å². The first-order valence-corrected chi connectivity index (χ1v) is 5.15. The van der Waals surface area contributed by atoms with Crippen molar-refractivity contribution < 1.29 is 24.6 Å². The summed E-state index contributed by atoms with van der Waals surface area (Å²) in [6, 6.07) is 1.22. The maximum absolute atomic E-state index is 11.6. The smallest absolute Gasteiger partial charge is 0.326 e. The van der Waals surface area contributed by atoms with Crippen molar-refractivity contribution in [2.45, 2.75) is 12.5 Å². The molecule has 1 atom stereocenters. The van der Waals surface area contributed by atoms with Crippen LogP contribution in [0.4, 0.5) is 0 Å². The molecule has 0 aliphatic rings. The highest BCUT2D eigenvalue weighted by Crippen LogP contribution is 2.05. The van der Waals surface area contributed by atoms with Gasteiger partial charge >= 0.3 is 11.9 Å². The van der Waals surface area contributed by atoms with E-state index in [9.17, 15) is 14.4 Å². The highest BCUT2D eigenvalue weighted by Gasteiger charge is 2.23. The number of nitrogens with one attached hydrogen (secondary N) is 1. The Balaban J connectivity index is 2.75. The lowest BCUT2D eigenvalue weighted by molar-refractivity contribution is -0.145. The third-order valence-electron chi connectivity index (χ3n) is 1.97. The van der Waals surface area contributed by atoms with Gasteiger partial charge in [0.1, 0.15) is 11.2 Å². The van der Waals surface area contributed by atoms with Crippen LogP contribution in [0.1, 0.15) is 16.8 Å². The third kappa shape index (κ3) is 4.02. The van der Waals surface area contributed by atoms with Gasteiger partial charge in [-0.2, -0.15) is 0 Å². The second-order valence-corrected chi connectivity index (χ2v) is 3.72. The van der Waals surface area contributed by atoms with Crippen LogP contribution in [-0.2, 0) is 9.59 Å². The Morgan fingerprint density at radius 2 is 2.00 bits per heavy atom. The van der Waals surface area contributed by atoms with Crippen LogP contribution < -0.4 is 5.32 Å². The molecule has 8 heteroatoms. The van der Waals surface area contributed by atoms with E-state index < -0.39 is 30.3 Å². The van der Waals surface area contributed by atoms with Crippen molar-refractivity contribution in [1.29, 1.82) is 0 Å². The first-order valence-electron chi connectivity index (χ1n) is 4.77. The van der Waals surface area contributed by atoms with Crippen molar-refractivity contribution in [3.05, 3.63) is 29.0 Å². The Morgan fingerprint density at radius 1 is 1.33 bits per heavy atom. The molecule has 0 saturated heterocycles. The minimum absolute atomic E-state index is 0.0936. The van der Waals surface area contributed by atoms with E-state index in [2.05, 4.69) is 10.3 Å². The highest BCUT2D eigenvalue weighted by atomic mass is 35.5. The lowest BCUT2D eigenvalue weighted by Gasteiger charge is -2.12. The zero-order chi connectivity index (χ0) is 13.7. The topological polar surface area (TPSA) is 117 Å². The van der Waals surface area contributed by atoms with Crippen LogP contribution in [0.2, 0.25) is 5.15 Å². The number of halogens is 1. The van der Waals surface area contributed by atoms with Gasteiger partial charge in [-0.05, 0) is 12.1 Å². The Hall–Kier alpha value is -2.15. The first kappa shape index (κ1) is 13.9. The number of hydrogen-bond donors (Lipinski definition) is 3. The maximum atomic E-state index is 11.6. The largest absolute Gasteiger partial charge is 0.481 e. The molecule has 1 amide bonds. The summed E-state index contributed by atoms with van der Waals surface area (Å²) in [4.78, 5) is 36.4. The SMILES string of the molecule is O=C(O)C[C@H](NC(=O)c1ccc(Cl)nc1)C(=O)O. The van der Waals surface area contributed by atoms with E-state index in [0.717, 1.165) is 6.20 Å². The molecule has 0 aliphatic carbocycles. The molecule has 96 valence electrons. The second-order valence-electron chi connectivity index (χ2n) is 3.33. The summed E-state index contributed by atoms with van der Waals surface area (Å²) >= 11 is 5.53. The van der Waals surface area contributed by atoms with E-state index in [1.807, 2.05) is 0 Å². The second kappa shape index (κ2) is 5.97. The number of nitrogens with zero attached hydrogens (tertiary/aromatic N) is 1. The zero-order valence-electron chi connectivity index (χ0n) is 8.96. The molecule has 0 spiro atoms. The van der Waals surface area contributed by atoms with Gasteiger partial charge in [0.2, 0.25) is 0 Å². The number of carbonyl (C=O) groups is 3. The Labute approximate surface area is 106 Å². The average molecular weight is 273 g/mol. The predicted octanol–water partition coefficient (Wildman–Crippen LogP) is 0.393. The molecule has 0 bridgehead atoms. The zero-order valence-corrected chi connectivity index (χ0v) is 9.72. The van der Waals surface area contributed by atoms with Crippen LogP contribution in [0, 0.1) is 0 Å². The Morgan fingerprint density at radius 3 is 2.44 bits per heavy atom. The normalized spacial score (nSPS) is 11.6. The molecule has 0 radical (unpaired) electrons. The minimum Gasteiger partial charge on any atom is -0.481 e. The number of hydrogen-bond acceptors (Lipinski definition) is 4. The van der Waals surface area contributed by atoms with Crippen LogP contribution in [0.5, 0.6) is 0 Å². The summed E-state index contributed by atoms with van der Waals surface area (Å²) in [5.74, 6) is -3.47. The molecule has 18 heavy (non-hydrogen) atoms. The van der Waals surface area contributed by atoms with Crippen LogP contribution in [0.25, 0.3) is 0 Å². The van der Waals surface area contributed by atoms with Gasteiger partial charge in [-0.25, -0.2) is 9.78 Å². The highest BCUT2D eigenvalue weighted by molar-refractivity contribution is 6.29. The van der Waals surface area contributed by atoms with Gasteiger partial charge in [-0.3, -0.25) is 9.59 Å². The minimum atomic E-state index is -1.49. The molecular weight excluding hydrogens is 264 g/mol. The molecule has 1 aromatic rings. The summed E-state index contributed by atoms with van der Waals surface area (Å²) in [6.07, 6.45) is 0.458. The van der Waals surface area contributed by atoms with E-state index in [-0.39, 0.29) is 10.7 Å². The van der Waals surface area contributed by atoms with Crippen LogP contribution in [-0.4, -0.2) is 39.1 Å². The van der Waals surface area contributed by atoms with Crippen molar-refractivity contribution in [3.8, 4) is 0 Å². The summed E-state index contributed by atoms with van der Waals surface area (Å²) in [7, 11) is 0. The molecule has 1 aromatic heterocycles. The first-order chi connectivity index (χ1) is 8.40. The molecule has 0 saturated carbocycles. The van der Waals surface area contributed by atoms with Gasteiger partial charge in [0.15, 0.2) is 0 Å². The molecule has 1 heterocycles. The van der Waals surface area contributed by atoms with Crippen molar-refractivity contribution >= 4 is 29.4 Å². The van der Waals surface area contributed by atoms with Gasteiger partial charge in [0, 0.05) is 6.20 Å². The van der Waals surface area contributed by atoms with E-state index >= 15 is 0 Å². The number of aliphatic carboxylic acids is 2. The number of amides is 1. The van der Waals surface area contributed by atoms with Gasteiger partial charge in [0.25, 0.3) is 5.91 Å². The van der Waals surface area contributed by atoms with E-state index in [1.54, 1.807) is 0 Å². The Kier molecular flexibility index (Phi) is 4.61. The number of carbonyl (C=O) groups excluding carboxylic acids is 1. The monoisotopic (exact) mass is 272 g/mol. The summed E-state index contributed by atoms with van der Waals surface area (Å²) in [5.41, 5.74) is 0.0936. The predicted molar refractivity (Wildman–Crippen MR) is 60.4 cm³/mol. The quantitative estimate of drug-likeness (QED) is 0.668.